The maximum Gasteiger partial charge on any atom is 0.221 e. The first-order chi connectivity index (χ1) is 6.72. The third-order valence-corrected chi connectivity index (χ3v) is 2.80. The van der Waals surface area contributed by atoms with E-state index in [-0.39, 0.29) is 5.91 Å². The minimum Gasteiger partial charge on any atom is -0.356 e. The molecule has 1 heterocycles. The molecule has 0 aliphatic carbocycles. The second-order valence-corrected chi connectivity index (χ2v) is 4.09. The zero-order valence-electron chi connectivity index (χ0n) is 8.96. The van der Waals surface area contributed by atoms with Gasteiger partial charge >= 0.3 is 0 Å². The van der Waals surface area contributed by atoms with E-state index in [9.17, 15) is 4.79 Å². The summed E-state index contributed by atoms with van der Waals surface area (Å²) in [4.78, 5) is 13.5. The van der Waals surface area contributed by atoms with Crippen molar-refractivity contribution in [3.63, 3.8) is 0 Å². The molecule has 0 aromatic rings. The summed E-state index contributed by atoms with van der Waals surface area (Å²) >= 11 is 0. The molecule has 1 aliphatic rings. The van der Waals surface area contributed by atoms with E-state index in [2.05, 4.69) is 17.3 Å². The fourth-order valence-electron chi connectivity index (χ4n) is 1.74. The van der Waals surface area contributed by atoms with Gasteiger partial charge in [0.2, 0.25) is 5.91 Å². The van der Waals surface area contributed by atoms with Crippen LogP contribution in [0.4, 0.5) is 0 Å². The largest absolute Gasteiger partial charge is 0.356 e. The molecule has 1 aliphatic heterocycles. The van der Waals surface area contributed by atoms with Crippen molar-refractivity contribution in [2.75, 3.05) is 33.2 Å². The van der Waals surface area contributed by atoms with Gasteiger partial charge in [0.1, 0.15) is 0 Å². The Morgan fingerprint density at radius 2 is 2.14 bits per heavy atom. The number of nitrogens with two attached hydrogens (primary N) is 1. The topological polar surface area (TPSA) is 58.4 Å². The van der Waals surface area contributed by atoms with Gasteiger partial charge < -0.3 is 16.0 Å². The van der Waals surface area contributed by atoms with Gasteiger partial charge in [-0.3, -0.25) is 4.79 Å². The molecule has 14 heavy (non-hydrogen) atoms. The van der Waals surface area contributed by atoms with Crippen LogP contribution in [0, 0.1) is 5.92 Å². The number of nitrogens with zero attached hydrogens (tertiary/aromatic N) is 1. The summed E-state index contributed by atoms with van der Waals surface area (Å²) in [6, 6.07) is 0. The fraction of sp³-hybridized carbons (Fsp3) is 0.900. The van der Waals surface area contributed by atoms with Gasteiger partial charge in [0.05, 0.1) is 0 Å². The van der Waals surface area contributed by atoms with Crippen molar-refractivity contribution in [2.24, 2.45) is 11.7 Å². The highest BCUT2D eigenvalue weighted by Gasteiger charge is 2.16. The summed E-state index contributed by atoms with van der Waals surface area (Å²) in [5.41, 5.74) is 5.29. The number of likely N-dealkylation sites (tertiary alicyclic amines) is 1. The molecule has 1 rings (SSSR count). The molecule has 0 unspecified atom stereocenters. The van der Waals surface area contributed by atoms with Crippen LogP contribution in [0.5, 0.6) is 0 Å². The first-order valence-corrected chi connectivity index (χ1v) is 5.37. The van der Waals surface area contributed by atoms with Crippen molar-refractivity contribution >= 4 is 5.91 Å². The molecule has 3 N–H and O–H groups in total. The van der Waals surface area contributed by atoms with Crippen molar-refractivity contribution in [1.82, 2.24) is 10.2 Å². The Labute approximate surface area is 85.8 Å². The van der Waals surface area contributed by atoms with Crippen LogP contribution in [0.3, 0.4) is 0 Å². The third kappa shape index (κ3) is 4.07. The van der Waals surface area contributed by atoms with E-state index < -0.39 is 0 Å². The van der Waals surface area contributed by atoms with Gasteiger partial charge in [0, 0.05) is 19.5 Å². The summed E-state index contributed by atoms with van der Waals surface area (Å²) in [6.07, 6.45) is 2.84. The highest BCUT2D eigenvalue weighted by atomic mass is 16.1. The SMILES string of the molecule is CN1CCC(CNC(=O)CCN)CC1. The number of hydrogen-bond acceptors (Lipinski definition) is 3. The van der Waals surface area contributed by atoms with Crippen molar-refractivity contribution in [2.45, 2.75) is 19.3 Å². The van der Waals surface area contributed by atoms with Crippen LogP contribution in [0.15, 0.2) is 0 Å². The molecule has 0 radical (unpaired) electrons. The molecular weight excluding hydrogens is 178 g/mol. The van der Waals surface area contributed by atoms with Gasteiger partial charge in [0.25, 0.3) is 0 Å². The lowest BCUT2D eigenvalue weighted by atomic mass is 9.97. The summed E-state index contributed by atoms with van der Waals surface area (Å²) < 4.78 is 0. The molecule has 1 amide bonds. The molecule has 0 saturated carbocycles. The van der Waals surface area contributed by atoms with E-state index in [1.165, 1.54) is 12.8 Å². The minimum atomic E-state index is 0.0893. The lowest BCUT2D eigenvalue weighted by Gasteiger charge is -2.28. The number of rotatable bonds is 4. The summed E-state index contributed by atoms with van der Waals surface area (Å²) in [5.74, 6) is 0.749. The summed E-state index contributed by atoms with van der Waals surface area (Å²) in [5, 5.41) is 2.93. The fourth-order valence-corrected chi connectivity index (χ4v) is 1.74. The molecule has 82 valence electrons. The lowest BCUT2D eigenvalue weighted by Crippen LogP contribution is -2.37. The predicted molar refractivity (Wildman–Crippen MR) is 56.9 cm³/mol. The molecule has 0 bridgehead atoms. The van der Waals surface area contributed by atoms with Gasteiger partial charge in [-0.2, -0.15) is 0 Å². The maximum atomic E-state index is 11.1. The number of hydrogen-bond donors (Lipinski definition) is 2. The second-order valence-electron chi connectivity index (χ2n) is 4.09. The number of amides is 1. The third-order valence-electron chi connectivity index (χ3n) is 2.80. The number of carbonyl (C=O) groups is 1. The Morgan fingerprint density at radius 1 is 1.50 bits per heavy atom. The Hall–Kier alpha value is -0.610. The maximum absolute atomic E-state index is 11.1. The Morgan fingerprint density at radius 3 is 2.71 bits per heavy atom. The zero-order valence-corrected chi connectivity index (χ0v) is 8.96. The van der Waals surface area contributed by atoms with E-state index in [4.69, 9.17) is 5.73 Å². The minimum absolute atomic E-state index is 0.0893. The van der Waals surface area contributed by atoms with Crippen molar-refractivity contribution in [1.29, 1.82) is 0 Å². The molecular formula is C10H21N3O. The van der Waals surface area contributed by atoms with E-state index in [0.717, 1.165) is 19.6 Å². The van der Waals surface area contributed by atoms with Gasteiger partial charge in [0.15, 0.2) is 0 Å². The Kier molecular flexibility index (Phi) is 4.90. The number of nitrogens with one attached hydrogen (secondary N) is 1. The van der Waals surface area contributed by atoms with Gasteiger partial charge in [-0.1, -0.05) is 0 Å². The van der Waals surface area contributed by atoms with Crippen LogP contribution in [0.2, 0.25) is 0 Å². The van der Waals surface area contributed by atoms with E-state index in [1.54, 1.807) is 0 Å². The molecule has 0 aromatic carbocycles. The first-order valence-electron chi connectivity index (χ1n) is 5.37. The summed E-state index contributed by atoms with van der Waals surface area (Å²) in [6.45, 7) is 3.57. The van der Waals surface area contributed by atoms with Crippen LogP contribution in [-0.4, -0.2) is 44.0 Å². The molecule has 0 atom stereocenters. The van der Waals surface area contributed by atoms with Crippen molar-refractivity contribution < 1.29 is 4.79 Å². The molecule has 0 spiro atoms. The standard InChI is InChI=1S/C10H21N3O/c1-13-6-3-9(4-7-13)8-12-10(14)2-5-11/h9H,2-8,11H2,1H3,(H,12,14). The molecule has 0 aromatic heterocycles. The lowest BCUT2D eigenvalue weighted by molar-refractivity contribution is -0.121. The average Bonchev–Trinajstić information content (AvgIpc) is 2.17. The normalized spacial score (nSPS) is 19.6. The van der Waals surface area contributed by atoms with Crippen LogP contribution >= 0.6 is 0 Å². The van der Waals surface area contributed by atoms with E-state index in [1.807, 2.05) is 0 Å². The highest BCUT2D eigenvalue weighted by molar-refractivity contribution is 5.75. The second kappa shape index (κ2) is 5.98. The monoisotopic (exact) mass is 199 g/mol. The van der Waals surface area contributed by atoms with Crippen molar-refractivity contribution in [3.05, 3.63) is 0 Å². The number of piperidine rings is 1. The van der Waals surface area contributed by atoms with Crippen LogP contribution in [0.25, 0.3) is 0 Å². The first kappa shape index (κ1) is 11.5. The van der Waals surface area contributed by atoms with Gasteiger partial charge in [-0.05, 0) is 38.9 Å². The predicted octanol–water partition coefficient (Wildman–Crippen LogP) is -0.207. The smallest absolute Gasteiger partial charge is 0.221 e. The van der Waals surface area contributed by atoms with Gasteiger partial charge in [-0.15, -0.1) is 0 Å². The Balaban J connectivity index is 2.09. The molecule has 4 nitrogen and oxygen atoms in total. The van der Waals surface area contributed by atoms with Gasteiger partial charge in [-0.25, -0.2) is 0 Å². The number of carbonyl (C=O) groups excluding carboxylic acids is 1. The molecule has 1 fully saturated rings. The highest BCUT2D eigenvalue weighted by Crippen LogP contribution is 2.14. The van der Waals surface area contributed by atoms with E-state index in [0.29, 0.717) is 18.9 Å². The Bertz CT molecular complexity index is 176. The quantitative estimate of drug-likeness (QED) is 0.659. The van der Waals surface area contributed by atoms with Crippen molar-refractivity contribution in [3.8, 4) is 0 Å². The summed E-state index contributed by atoms with van der Waals surface area (Å²) in [7, 11) is 2.14. The van der Waals surface area contributed by atoms with Crippen LogP contribution in [0.1, 0.15) is 19.3 Å². The van der Waals surface area contributed by atoms with Crippen LogP contribution in [-0.2, 0) is 4.79 Å². The van der Waals surface area contributed by atoms with Crippen LogP contribution < -0.4 is 11.1 Å². The molecule has 4 heteroatoms. The van der Waals surface area contributed by atoms with E-state index >= 15 is 0 Å². The average molecular weight is 199 g/mol. The molecule has 1 saturated heterocycles. The zero-order chi connectivity index (χ0) is 10.4.